The van der Waals surface area contributed by atoms with E-state index < -0.39 is 5.97 Å². The van der Waals surface area contributed by atoms with Crippen LogP contribution in [-0.4, -0.2) is 45.8 Å². The molecule has 2 rings (SSSR count). The fourth-order valence-electron chi connectivity index (χ4n) is 3.37. The van der Waals surface area contributed by atoms with Gasteiger partial charge in [-0.1, -0.05) is 0 Å². The topological polar surface area (TPSA) is 64.4 Å². The molecule has 122 valence electrons. The van der Waals surface area contributed by atoms with E-state index in [0.29, 0.717) is 17.0 Å². The van der Waals surface area contributed by atoms with Gasteiger partial charge in [0.25, 0.3) is 0 Å². The number of carbonyl (C=O) groups is 2. The van der Waals surface area contributed by atoms with E-state index in [9.17, 15) is 9.59 Å². The SMILES string of the molecule is COC(=O)c1c(C)nn(CC(=O)N2[C@H](C)CCC[C@H]2C)c1C. The van der Waals surface area contributed by atoms with Crippen LogP contribution >= 0.6 is 0 Å². The highest BCUT2D eigenvalue weighted by Gasteiger charge is 2.30. The molecular weight excluding hydrogens is 282 g/mol. The van der Waals surface area contributed by atoms with E-state index in [1.807, 2.05) is 4.90 Å². The third-order valence-electron chi connectivity index (χ3n) is 4.54. The molecular formula is C16H25N3O3. The van der Waals surface area contributed by atoms with Crippen LogP contribution in [0.5, 0.6) is 0 Å². The number of piperidine rings is 1. The number of methoxy groups -OCH3 is 1. The number of amides is 1. The van der Waals surface area contributed by atoms with Crippen molar-refractivity contribution >= 4 is 11.9 Å². The highest BCUT2D eigenvalue weighted by atomic mass is 16.5. The Morgan fingerprint density at radius 2 is 1.82 bits per heavy atom. The summed E-state index contributed by atoms with van der Waals surface area (Å²) in [6.45, 7) is 7.90. The summed E-state index contributed by atoms with van der Waals surface area (Å²) in [5.41, 5.74) is 1.72. The van der Waals surface area contributed by atoms with Gasteiger partial charge in [0.05, 0.1) is 18.5 Å². The Labute approximate surface area is 131 Å². The Morgan fingerprint density at radius 3 is 2.36 bits per heavy atom. The van der Waals surface area contributed by atoms with Crippen LogP contribution in [0.2, 0.25) is 0 Å². The van der Waals surface area contributed by atoms with Gasteiger partial charge in [0.2, 0.25) is 5.91 Å². The summed E-state index contributed by atoms with van der Waals surface area (Å²) in [5.74, 6) is -0.352. The van der Waals surface area contributed by atoms with Gasteiger partial charge in [-0.3, -0.25) is 9.48 Å². The number of ether oxygens (including phenoxy) is 1. The third kappa shape index (κ3) is 3.00. The molecule has 0 unspecified atom stereocenters. The molecule has 0 aliphatic carbocycles. The van der Waals surface area contributed by atoms with Gasteiger partial charge in [0.1, 0.15) is 12.1 Å². The predicted molar refractivity (Wildman–Crippen MR) is 82.7 cm³/mol. The molecule has 0 radical (unpaired) electrons. The van der Waals surface area contributed by atoms with E-state index in [4.69, 9.17) is 4.74 Å². The second-order valence-electron chi connectivity index (χ2n) is 6.13. The van der Waals surface area contributed by atoms with E-state index in [1.165, 1.54) is 13.5 Å². The molecule has 2 atom stereocenters. The van der Waals surface area contributed by atoms with Crippen molar-refractivity contribution in [3.05, 3.63) is 17.0 Å². The van der Waals surface area contributed by atoms with Crippen molar-refractivity contribution in [2.45, 2.75) is 65.6 Å². The molecule has 1 saturated heterocycles. The number of hydrogen-bond acceptors (Lipinski definition) is 4. The zero-order valence-electron chi connectivity index (χ0n) is 14.0. The quantitative estimate of drug-likeness (QED) is 0.802. The fourth-order valence-corrected chi connectivity index (χ4v) is 3.37. The Balaban J connectivity index is 2.20. The monoisotopic (exact) mass is 307 g/mol. The maximum atomic E-state index is 12.6. The summed E-state index contributed by atoms with van der Waals surface area (Å²) in [6.07, 6.45) is 3.25. The van der Waals surface area contributed by atoms with Crippen molar-refractivity contribution in [3.8, 4) is 0 Å². The van der Waals surface area contributed by atoms with Crippen LogP contribution < -0.4 is 0 Å². The summed E-state index contributed by atoms with van der Waals surface area (Å²) >= 11 is 0. The normalized spacial score (nSPS) is 21.8. The molecule has 1 amide bonds. The van der Waals surface area contributed by atoms with Crippen molar-refractivity contribution in [3.63, 3.8) is 0 Å². The first-order chi connectivity index (χ1) is 10.4. The van der Waals surface area contributed by atoms with Crippen molar-refractivity contribution in [2.24, 2.45) is 0 Å². The Morgan fingerprint density at radius 1 is 1.23 bits per heavy atom. The Hall–Kier alpha value is -1.85. The lowest BCUT2D eigenvalue weighted by Crippen LogP contribution is -2.48. The molecule has 0 bridgehead atoms. The van der Waals surface area contributed by atoms with E-state index in [-0.39, 0.29) is 24.5 Å². The standard InChI is InChI=1S/C16H25N3O3/c1-10-7-6-8-11(2)19(10)14(20)9-18-13(4)15(12(3)17-18)16(21)22-5/h10-11H,6-9H2,1-5H3/t10-,11-/m1/s1. The number of hydrogen-bond donors (Lipinski definition) is 0. The van der Waals surface area contributed by atoms with Crippen LogP contribution in [0.1, 0.15) is 54.9 Å². The van der Waals surface area contributed by atoms with Gasteiger partial charge < -0.3 is 9.64 Å². The first-order valence-electron chi connectivity index (χ1n) is 7.80. The van der Waals surface area contributed by atoms with Gasteiger partial charge in [-0.2, -0.15) is 5.10 Å². The molecule has 0 aromatic carbocycles. The van der Waals surface area contributed by atoms with Crippen LogP contribution in [-0.2, 0) is 16.1 Å². The average Bonchev–Trinajstić information content (AvgIpc) is 2.72. The molecule has 0 saturated carbocycles. The van der Waals surface area contributed by atoms with Crippen LogP contribution in [0.4, 0.5) is 0 Å². The smallest absolute Gasteiger partial charge is 0.341 e. The number of rotatable bonds is 3. The summed E-state index contributed by atoms with van der Waals surface area (Å²) in [6, 6.07) is 0.515. The highest BCUT2D eigenvalue weighted by molar-refractivity contribution is 5.92. The molecule has 6 heteroatoms. The first kappa shape index (κ1) is 16.5. The summed E-state index contributed by atoms with van der Waals surface area (Å²) < 4.78 is 6.39. The van der Waals surface area contributed by atoms with Gasteiger partial charge in [0, 0.05) is 12.1 Å². The number of carbonyl (C=O) groups excluding carboxylic acids is 2. The van der Waals surface area contributed by atoms with Crippen molar-refractivity contribution < 1.29 is 14.3 Å². The third-order valence-corrected chi connectivity index (χ3v) is 4.54. The Kier molecular flexibility index (Phi) is 4.88. The van der Waals surface area contributed by atoms with Crippen LogP contribution in [0.15, 0.2) is 0 Å². The van der Waals surface area contributed by atoms with Gasteiger partial charge >= 0.3 is 5.97 Å². The van der Waals surface area contributed by atoms with E-state index in [1.54, 1.807) is 18.5 Å². The van der Waals surface area contributed by atoms with Crippen molar-refractivity contribution in [1.29, 1.82) is 0 Å². The molecule has 0 spiro atoms. The molecule has 22 heavy (non-hydrogen) atoms. The first-order valence-corrected chi connectivity index (χ1v) is 7.80. The predicted octanol–water partition coefficient (Wildman–Crippen LogP) is 2.08. The number of esters is 1. The van der Waals surface area contributed by atoms with Gasteiger partial charge in [0.15, 0.2) is 0 Å². The van der Waals surface area contributed by atoms with Gasteiger partial charge in [-0.15, -0.1) is 0 Å². The highest BCUT2D eigenvalue weighted by Crippen LogP contribution is 2.23. The van der Waals surface area contributed by atoms with Crippen molar-refractivity contribution in [2.75, 3.05) is 7.11 Å². The van der Waals surface area contributed by atoms with E-state index in [0.717, 1.165) is 12.8 Å². The van der Waals surface area contributed by atoms with Gasteiger partial charge in [-0.25, -0.2) is 4.79 Å². The van der Waals surface area contributed by atoms with Crippen LogP contribution in [0.3, 0.4) is 0 Å². The number of likely N-dealkylation sites (tertiary alicyclic amines) is 1. The Bertz CT molecular complexity index is 569. The minimum absolute atomic E-state index is 0.0571. The number of aryl methyl sites for hydroxylation is 1. The molecule has 1 fully saturated rings. The van der Waals surface area contributed by atoms with Crippen LogP contribution in [0.25, 0.3) is 0 Å². The molecule has 1 aromatic heterocycles. The summed E-state index contributed by atoms with van der Waals surface area (Å²) in [4.78, 5) is 26.4. The second kappa shape index (κ2) is 6.50. The fraction of sp³-hybridized carbons (Fsp3) is 0.688. The lowest BCUT2D eigenvalue weighted by molar-refractivity contribution is -0.138. The zero-order valence-corrected chi connectivity index (χ0v) is 14.0. The molecule has 2 heterocycles. The number of nitrogens with zero attached hydrogens (tertiary/aromatic N) is 3. The minimum Gasteiger partial charge on any atom is -0.465 e. The minimum atomic E-state index is -0.409. The molecule has 1 aliphatic heterocycles. The molecule has 1 aromatic rings. The van der Waals surface area contributed by atoms with E-state index in [2.05, 4.69) is 18.9 Å². The number of aromatic nitrogens is 2. The average molecular weight is 307 g/mol. The summed E-state index contributed by atoms with van der Waals surface area (Å²) in [7, 11) is 1.35. The summed E-state index contributed by atoms with van der Waals surface area (Å²) in [5, 5.41) is 4.33. The maximum Gasteiger partial charge on any atom is 0.341 e. The maximum absolute atomic E-state index is 12.6. The molecule has 6 nitrogen and oxygen atoms in total. The van der Waals surface area contributed by atoms with Crippen molar-refractivity contribution in [1.82, 2.24) is 14.7 Å². The van der Waals surface area contributed by atoms with Crippen LogP contribution in [0, 0.1) is 13.8 Å². The zero-order chi connectivity index (χ0) is 16.4. The largest absolute Gasteiger partial charge is 0.465 e. The molecule has 1 aliphatic rings. The lowest BCUT2D eigenvalue weighted by atomic mass is 9.97. The second-order valence-corrected chi connectivity index (χ2v) is 6.13. The molecule has 0 N–H and O–H groups in total. The lowest BCUT2D eigenvalue weighted by Gasteiger charge is -2.39. The van der Waals surface area contributed by atoms with E-state index >= 15 is 0 Å². The van der Waals surface area contributed by atoms with Gasteiger partial charge in [-0.05, 0) is 47.0 Å².